The number of carbonyl (C=O) groups is 1. The highest BCUT2D eigenvalue weighted by Crippen LogP contribution is 2.14. The van der Waals surface area contributed by atoms with Crippen LogP contribution in [-0.2, 0) is 4.74 Å². The first kappa shape index (κ1) is 15.7. The van der Waals surface area contributed by atoms with Gasteiger partial charge in [0.15, 0.2) is 0 Å². The first-order valence-corrected chi connectivity index (χ1v) is 7.46. The van der Waals surface area contributed by atoms with Gasteiger partial charge in [-0.15, -0.1) is 11.8 Å². The monoisotopic (exact) mass is 283 g/mol. The molecule has 106 valence electrons. The van der Waals surface area contributed by atoms with E-state index in [4.69, 9.17) is 10.00 Å². The quantitative estimate of drug-likeness (QED) is 0.728. The summed E-state index contributed by atoms with van der Waals surface area (Å²) in [5.74, 6) is 0. The van der Waals surface area contributed by atoms with Crippen molar-refractivity contribution in [2.24, 2.45) is 0 Å². The van der Waals surface area contributed by atoms with Crippen LogP contribution in [0.1, 0.15) is 20.8 Å². The van der Waals surface area contributed by atoms with E-state index in [1.165, 1.54) is 11.8 Å². The summed E-state index contributed by atoms with van der Waals surface area (Å²) in [7, 11) is 0. The Bertz CT molecular complexity index is 388. The molecule has 0 saturated carbocycles. The smallest absolute Gasteiger partial charge is 0.410 e. The summed E-state index contributed by atoms with van der Waals surface area (Å²) in [5.41, 5.74) is -0.457. The van der Waals surface area contributed by atoms with E-state index in [1.807, 2.05) is 33.2 Å². The van der Waals surface area contributed by atoms with Gasteiger partial charge in [-0.05, 0) is 27.0 Å². The number of ether oxygens (including phenoxy) is 1. The molecule has 1 saturated heterocycles. The summed E-state index contributed by atoms with van der Waals surface area (Å²) in [5, 5.41) is 8.87. The molecular weight excluding hydrogens is 262 g/mol. The van der Waals surface area contributed by atoms with E-state index in [-0.39, 0.29) is 6.09 Å². The highest BCUT2D eigenvalue weighted by atomic mass is 32.2. The summed E-state index contributed by atoms with van der Waals surface area (Å²) < 4.78 is 5.33. The number of rotatable bonds is 2. The normalized spacial score (nSPS) is 17.1. The third kappa shape index (κ3) is 5.43. The molecule has 1 aliphatic rings. The lowest BCUT2D eigenvalue weighted by atomic mass is 10.2. The number of nitrogens with zero attached hydrogens (tertiary/aromatic N) is 3. The standard InChI is InChI=1S/C13H21N3O2S/c1-13(2,3)18-12(17)16-7-5-15(6-8-16)10-11(9-14)19-4/h10H,5-8H2,1-4H3. The van der Waals surface area contributed by atoms with Crippen LogP contribution in [0, 0.1) is 11.3 Å². The van der Waals surface area contributed by atoms with Crippen molar-refractivity contribution in [1.29, 1.82) is 5.26 Å². The van der Waals surface area contributed by atoms with Crippen molar-refractivity contribution in [2.75, 3.05) is 32.4 Å². The van der Waals surface area contributed by atoms with Crippen molar-refractivity contribution in [1.82, 2.24) is 9.80 Å². The maximum Gasteiger partial charge on any atom is 0.410 e. The molecule has 0 aliphatic carbocycles. The third-order valence-electron chi connectivity index (χ3n) is 2.60. The van der Waals surface area contributed by atoms with Crippen molar-refractivity contribution in [2.45, 2.75) is 26.4 Å². The number of hydrogen-bond acceptors (Lipinski definition) is 5. The molecule has 1 heterocycles. The highest BCUT2D eigenvalue weighted by molar-refractivity contribution is 8.02. The fraction of sp³-hybridized carbons (Fsp3) is 0.692. The predicted octanol–water partition coefficient (Wildman–Crippen LogP) is 2.27. The van der Waals surface area contributed by atoms with E-state index >= 15 is 0 Å². The minimum Gasteiger partial charge on any atom is -0.444 e. The number of thioether (sulfide) groups is 1. The minimum atomic E-state index is -0.457. The lowest BCUT2D eigenvalue weighted by molar-refractivity contribution is 0.0176. The molecular formula is C13H21N3O2S. The first-order valence-electron chi connectivity index (χ1n) is 6.23. The van der Waals surface area contributed by atoms with Crippen LogP contribution in [0.15, 0.2) is 11.1 Å². The van der Waals surface area contributed by atoms with Gasteiger partial charge in [-0.25, -0.2) is 4.79 Å². The Kier molecular flexibility index (Phi) is 5.55. The van der Waals surface area contributed by atoms with Gasteiger partial charge in [0.2, 0.25) is 0 Å². The topological polar surface area (TPSA) is 56.6 Å². The molecule has 0 unspecified atom stereocenters. The molecule has 0 aromatic heterocycles. The molecule has 0 radical (unpaired) electrons. The molecule has 0 aromatic rings. The maximum absolute atomic E-state index is 11.9. The van der Waals surface area contributed by atoms with E-state index in [1.54, 1.807) is 4.90 Å². The van der Waals surface area contributed by atoms with Crippen molar-refractivity contribution < 1.29 is 9.53 Å². The van der Waals surface area contributed by atoms with Crippen LogP contribution in [0.3, 0.4) is 0 Å². The van der Waals surface area contributed by atoms with Crippen molar-refractivity contribution in [3.8, 4) is 6.07 Å². The zero-order chi connectivity index (χ0) is 14.5. The SMILES string of the molecule is CSC(C#N)=CN1CCN(C(=O)OC(C)(C)C)CC1. The van der Waals surface area contributed by atoms with Gasteiger partial charge in [-0.1, -0.05) is 0 Å². The van der Waals surface area contributed by atoms with Gasteiger partial charge in [-0.3, -0.25) is 0 Å². The maximum atomic E-state index is 11.9. The largest absolute Gasteiger partial charge is 0.444 e. The Morgan fingerprint density at radius 3 is 2.32 bits per heavy atom. The minimum absolute atomic E-state index is 0.262. The van der Waals surface area contributed by atoms with Gasteiger partial charge in [0.1, 0.15) is 16.6 Å². The van der Waals surface area contributed by atoms with Gasteiger partial charge >= 0.3 is 6.09 Å². The summed E-state index contributed by atoms with van der Waals surface area (Å²) >= 11 is 1.43. The molecule has 1 rings (SSSR count). The second-order valence-corrected chi connectivity index (χ2v) is 6.16. The Hall–Kier alpha value is -1.35. The summed E-state index contributed by atoms with van der Waals surface area (Å²) in [6.07, 6.45) is 3.48. The third-order valence-corrected chi connectivity index (χ3v) is 3.23. The predicted molar refractivity (Wildman–Crippen MR) is 76.6 cm³/mol. The molecule has 6 heteroatoms. The number of nitriles is 1. The number of carbonyl (C=O) groups excluding carboxylic acids is 1. The fourth-order valence-corrected chi connectivity index (χ4v) is 2.00. The van der Waals surface area contributed by atoms with Crippen LogP contribution < -0.4 is 0 Å². The van der Waals surface area contributed by atoms with Gasteiger partial charge in [0, 0.05) is 32.4 Å². The zero-order valence-corrected chi connectivity index (χ0v) is 12.8. The summed E-state index contributed by atoms with van der Waals surface area (Å²) in [6.45, 7) is 8.29. The zero-order valence-electron chi connectivity index (χ0n) is 12.0. The van der Waals surface area contributed by atoms with Gasteiger partial charge in [0.25, 0.3) is 0 Å². The molecule has 0 N–H and O–H groups in total. The van der Waals surface area contributed by atoms with Crippen molar-refractivity contribution >= 4 is 17.9 Å². The highest BCUT2D eigenvalue weighted by Gasteiger charge is 2.25. The second-order valence-electron chi connectivity index (χ2n) is 5.31. The Labute approximate surface area is 119 Å². The molecule has 0 bridgehead atoms. The van der Waals surface area contributed by atoms with Crippen LogP contribution in [-0.4, -0.2) is 53.9 Å². The van der Waals surface area contributed by atoms with Crippen molar-refractivity contribution in [3.05, 3.63) is 11.1 Å². The number of allylic oxidation sites excluding steroid dienone is 1. The van der Waals surface area contributed by atoms with Crippen molar-refractivity contribution in [3.63, 3.8) is 0 Å². The molecule has 0 aromatic carbocycles. The Morgan fingerprint density at radius 2 is 1.89 bits per heavy atom. The van der Waals surface area contributed by atoms with Crippen LogP contribution in [0.4, 0.5) is 4.79 Å². The molecule has 0 spiro atoms. The molecule has 5 nitrogen and oxygen atoms in total. The molecule has 1 fully saturated rings. The van der Waals surface area contributed by atoms with Crippen LogP contribution in [0.2, 0.25) is 0 Å². The van der Waals surface area contributed by atoms with Crippen LogP contribution >= 0.6 is 11.8 Å². The van der Waals surface area contributed by atoms with Gasteiger partial charge < -0.3 is 14.5 Å². The number of amides is 1. The second kappa shape index (κ2) is 6.71. The first-order chi connectivity index (χ1) is 8.85. The van der Waals surface area contributed by atoms with E-state index in [9.17, 15) is 4.79 Å². The van der Waals surface area contributed by atoms with E-state index in [0.717, 1.165) is 13.1 Å². The van der Waals surface area contributed by atoms with E-state index < -0.39 is 5.60 Å². The van der Waals surface area contributed by atoms with Gasteiger partial charge in [0.05, 0.1) is 0 Å². The summed E-state index contributed by atoms with van der Waals surface area (Å²) in [6, 6.07) is 2.14. The molecule has 1 aliphatic heterocycles. The summed E-state index contributed by atoms with van der Waals surface area (Å²) in [4.78, 5) is 16.3. The number of piperazine rings is 1. The average molecular weight is 283 g/mol. The van der Waals surface area contributed by atoms with E-state index in [2.05, 4.69) is 11.0 Å². The Balaban J connectivity index is 2.48. The van der Waals surface area contributed by atoms with Crippen LogP contribution in [0.25, 0.3) is 0 Å². The number of hydrogen-bond donors (Lipinski definition) is 0. The molecule has 1 amide bonds. The average Bonchev–Trinajstić information content (AvgIpc) is 2.34. The fourth-order valence-electron chi connectivity index (χ4n) is 1.65. The molecule has 0 atom stereocenters. The van der Waals surface area contributed by atoms with E-state index in [0.29, 0.717) is 18.0 Å². The lowest BCUT2D eigenvalue weighted by Crippen LogP contribution is -2.48. The van der Waals surface area contributed by atoms with Crippen LogP contribution in [0.5, 0.6) is 0 Å². The van der Waals surface area contributed by atoms with Gasteiger partial charge in [-0.2, -0.15) is 5.26 Å². The Morgan fingerprint density at radius 1 is 1.32 bits per heavy atom. The molecule has 19 heavy (non-hydrogen) atoms. The lowest BCUT2D eigenvalue weighted by Gasteiger charge is -2.35.